The van der Waals surface area contributed by atoms with Crippen molar-refractivity contribution in [3.8, 4) is 0 Å². The molecule has 0 atom stereocenters. The first-order valence-corrected chi connectivity index (χ1v) is 8.25. The minimum Gasteiger partial charge on any atom is -0.366 e. The van der Waals surface area contributed by atoms with Crippen LogP contribution >= 0.6 is 11.6 Å². The first-order chi connectivity index (χ1) is 12.0. The second-order valence-electron chi connectivity index (χ2n) is 5.75. The second kappa shape index (κ2) is 7.49. The highest BCUT2D eigenvalue weighted by Crippen LogP contribution is 2.23. The van der Waals surface area contributed by atoms with Crippen LogP contribution < -0.4 is 10.6 Å². The van der Waals surface area contributed by atoms with Gasteiger partial charge in [0, 0.05) is 34.6 Å². The van der Waals surface area contributed by atoms with E-state index >= 15 is 0 Å². The van der Waals surface area contributed by atoms with Gasteiger partial charge >= 0.3 is 0 Å². The molecule has 0 amide bonds. The smallest absolute Gasteiger partial charge is 0.229 e. The zero-order chi connectivity index (χ0) is 17.8. The molecule has 0 bridgehead atoms. The molecule has 0 aliphatic rings. The zero-order valence-corrected chi connectivity index (χ0v) is 14.7. The van der Waals surface area contributed by atoms with Crippen LogP contribution in [0.3, 0.4) is 0 Å². The Morgan fingerprint density at radius 1 is 1.04 bits per heavy atom. The SMILES string of the molecule is Cc1cc(NCc2ccccc2F)nc(Nc2cc(Cl)ccc2C)n1. The van der Waals surface area contributed by atoms with Crippen molar-refractivity contribution in [1.29, 1.82) is 0 Å². The average molecular weight is 357 g/mol. The molecule has 1 heterocycles. The van der Waals surface area contributed by atoms with Crippen LogP contribution in [-0.4, -0.2) is 9.97 Å². The fraction of sp³-hybridized carbons (Fsp3) is 0.158. The molecule has 0 unspecified atom stereocenters. The molecule has 0 saturated heterocycles. The molecular formula is C19H18ClFN4. The Bertz CT molecular complexity index is 898. The topological polar surface area (TPSA) is 49.8 Å². The van der Waals surface area contributed by atoms with Gasteiger partial charge in [0.05, 0.1) is 0 Å². The highest BCUT2D eigenvalue weighted by Gasteiger charge is 2.07. The quantitative estimate of drug-likeness (QED) is 0.656. The van der Waals surface area contributed by atoms with E-state index in [9.17, 15) is 4.39 Å². The van der Waals surface area contributed by atoms with E-state index in [4.69, 9.17) is 11.6 Å². The molecule has 0 spiro atoms. The van der Waals surface area contributed by atoms with Gasteiger partial charge in [0.2, 0.25) is 5.95 Å². The maximum atomic E-state index is 13.7. The molecule has 4 nitrogen and oxygen atoms in total. The Morgan fingerprint density at radius 3 is 2.64 bits per heavy atom. The van der Waals surface area contributed by atoms with Gasteiger partial charge in [-0.25, -0.2) is 9.37 Å². The summed E-state index contributed by atoms with van der Waals surface area (Å²) < 4.78 is 13.7. The normalized spacial score (nSPS) is 10.6. The first-order valence-electron chi connectivity index (χ1n) is 7.87. The predicted octanol–water partition coefficient (Wildman–Crippen LogP) is 5.24. The van der Waals surface area contributed by atoms with Crippen molar-refractivity contribution in [3.63, 3.8) is 0 Å². The fourth-order valence-corrected chi connectivity index (χ4v) is 2.56. The lowest BCUT2D eigenvalue weighted by Crippen LogP contribution is -2.07. The second-order valence-corrected chi connectivity index (χ2v) is 6.18. The molecule has 2 aromatic carbocycles. The summed E-state index contributed by atoms with van der Waals surface area (Å²) in [5.74, 6) is 0.841. The van der Waals surface area contributed by atoms with Crippen molar-refractivity contribution < 1.29 is 4.39 Å². The van der Waals surface area contributed by atoms with Crippen LogP contribution in [0, 0.1) is 19.7 Å². The Morgan fingerprint density at radius 2 is 1.84 bits per heavy atom. The van der Waals surface area contributed by atoms with Crippen molar-refractivity contribution in [2.45, 2.75) is 20.4 Å². The number of rotatable bonds is 5. The van der Waals surface area contributed by atoms with Gasteiger partial charge in [-0.2, -0.15) is 4.98 Å². The van der Waals surface area contributed by atoms with Gasteiger partial charge in [-0.3, -0.25) is 0 Å². The van der Waals surface area contributed by atoms with Crippen LogP contribution in [0.1, 0.15) is 16.8 Å². The standard InChI is InChI=1S/C19H18ClFN4/c1-12-7-8-15(20)10-17(12)24-19-23-13(2)9-18(25-19)22-11-14-5-3-4-6-16(14)21/h3-10H,11H2,1-2H3,(H2,22,23,24,25). The van der Waals surface area contributed by atoms with E-state index in [1.807, 2.05) is 38.1 Å². The molecule has 0 radical (unpaired) electrons. The number of benzene rings is 2. The number of hydrogen-bond acceptors (Lipinski definition) is 4. The lowest BCUT2D eigenvalue weighted by molar-refractivity contribution is 0.613. The highest BCUT2D eigenvalue weighted by atomic mass is 35.5. The van der Waals surface area contributed by atoms with E-state index in [0.29, 0.717) is 28.9 Å². The molecule has 25 heavy (non-hydrogen) atoms. The minimum absolute atomic E-state index is 0.242. The van der Waals surface area contributed by atoms with Gasteiger partial charge in [0.1, 0.15) is 11.6 Å². The summed E-state index contributed by atoms with van der Waals surface area (Å²) in [6, 6.07) is 14.1. The lowest BCUT2D eigenvalue weighted by Gasteiger charge is -2.12. The molecule has 3 rings (SSSR count). The number of aryl methyl sites for hydroxylation is 2. The van der Waals surface area contributed by atoms with E-state index in [-0.39, 0.29) is 5.82 Å². The third-order valence-corrected chi connectivity index (χ3v) is 3.95. The molecule has 2 N–H and O–H groups in total. The van der Waals surface area contributed by atoms with Gasteiger partial charge in [-0.05, 0) is 37.6 Å². The van der Waals surface area contributed by atoms with Gasteiger partial charge in [-0.1, -0.05) is 35.9 Å². The van der Waals surface area contributed by atoms with Crippen LogP contribution in [0.4, 0.5) is 21.8 Å². The molecular weight excluding hydrogens is 339 g/mol. The van der Waals surface area contributed by atoms with Crippen molar-refractivity contribution >= 4 is 29.1 Å². The van der Waals surface area contributed by atoms with Gasteiger partial charge in [0.15, 0.2) is 0 Å². The van der Waals surface area contributed by atoms with Crippen LogP contribution in [0.15, 0.2) is 48.5 Å². The monoisotopic (exact) mass is 356 g/mol. The van der Waals surface area contributed by atoms with E-state index in [2.05, 4.69) is 20.6 Å². The summed E-state index contributed by atoms with van der Waals surface area (Å²) in [5, 5.41) is 6.96. The first kappa shape index (κ1) is 17.2. The summed E-state index contributed by atoms with van der Waals surface area (Å²) in [4.78, 5) is 8.84. The Labute approximate surface area is 151 Å². The van der Waals surface area contributed by atoms with E-state index in [0.717, 1.165) is 16.9 Å². The largest absolute Gasteiger partial charge is 0.366 e. The Kier molecular flexibility index (Phi) is 5.14. The lowest BCUT2D eigenvalue weighted by atomic mass is 10.2. The molecule has 128 valence electrons. The van der Waals surface area contributed by atoms with Gasteiger partial charge in [0.25, 0.3) is 0 Å². The summed E-state index contributed by atoms with van der Waals surface area (Å²) in [6.45, 7) is 4.20. The van der Waals surface area contributed by atoms with Crippen molar-refractivity contribution in [2.24, 2.45) is 0 Å². The fourth-order valence-electron chi connectivity index (χ4n) is 2.39. The number of anilines is 3. The van der Waals surface area contributed by atoms with Crippen LogP contribution in [0.25, 0.3) is 0 Å². The average Bonchev–Trinajstić information content (AvgIpc) is 2.57. The Balaban J connectivity index is 1.78. The number of nitrogens with one attached hydrogen (secondary N) is 2. The van der Waals surface area contributed by atoms with Crippen LogP contribution in [-0.2, 0) is 6.54 Å². The minimum atomic E-state index is -0.242. The van der Waals surface area contributed by atoms with E-state index in [1.54, 1.807) is 18.2 Å². The van der Waals surface area contributed by atoms with Crippen LogP contribution in [0.5, 0.6) is 0 Å². The third-order valence-electron chi connectivity index (χ3n) is 3.72. The summed E-state index contributed by atoms with van der Waals surface area (Å²) in [6.07, 6.45) is 0. The maximum Gasteiger partial charge on any atom is 0.229 e. The van der Waals surface area contributed by atoms with E-state index in [1.165, 1.54) is 6.07 Å². The molecule has 0 aliphatic heterocycles. The number of hydrogen-bond donors (Lipinski definition) is 2. The van der Waals surface area contributed by atoms with Crippen molar-refractivity contribution in [1.82, 2.24) is 9.97 Å². The summed E-state index contributed by atoms with van der Waals surface area (Å²) in [5.41, 5.74) is 3.26. The summed E-state index contributed by atoms with van der Waals surface area (Å²) in [7, 11) is 0. The molecule has 1 aromatic heterocycles. The maximum absolute atomic E-state index is 13.7. The predicted molar refractivity (Wildman–Crippen MR) is 100.0 cm³/mol. The van der Waals surface area contributed by atoms with Crippen LogP contribution in [0.2, 0.25) is 5.02 Å². The summed E-state index contributed by atoms with van der Waals surface area (Å²) >= 11 is 6.05. The van der Waals surface area contributed by atoms with Gasteiger partial charge < -0.3 is 10.6 Å². The molecule has 0 saturated carbocycles. The molecule has 0 aliphatic carbocycles. The van der Waals surface area contributed by atoms with Gasteiger partial charge in [-0.15, -0.1) is 0 Å². The zero-order valence-electron chi connectivity index (χ0n) is 14.0. The third kappa shape index (κ3) is 4.45. The number of halogens is 2. The molecule has 0 fully saturated rings. The molecule has 6 heteroatoms. The van der Waals surface area contributed by atoms with Crippen molar-refractivity contribution in [3.05, 3.63) is 76.2 Å². The highest BCUT2D eigenvalue weighted by molar-refractivity contribution is 6.30. The van der Waals surface area contributed by atoms with Crippen molar-refractivity contribution in [2.75, 3.05) is 10.6 Å². The number of nitrogens with zero attached hydrogens (tertiary/aromatic N) is 2. The number of aromatic nitrogens is 2. The van der Waals surface area contributed by atoms with E-state index < -0.39 is 0 Å². The Hall–Kier alpha value is -2.66. The molecule has 3 aromatic rings.